The Morgan fingerprint density at radius 1 is 1.30 bits per heavy atom. The summed E-state index contributed by atoms with van der Waals surface area (Å²) in [7, 11) is 0. The molecule has 0 spiro atoms. The number of anilines is 1. The van der Waals surface area contributed by atoms with Gasteiger partial charge in [-0.25, -0.2) is 0 Å². The number of nitrogens with one attached hydrogen (secondary N) is 2. The molecule has 1 heterocycles. The summed E-state index contributed by atoms with van der Waals surface area (Å²) >= 11 is 0. The zero-order valence-corrected chi connectivity index (χ0v) is 13.0. The van der Waals surface area contributed by atoms with Crippen molar-refractivity contribution in [2.45, 2.75) is 20.3 Å². The third-order valence-corrected chi connectivity index (χ3v) is 3.31. The van der Waals surface area contributed by atoms with Gasteiger partial charge in [-0.15, -0.1) is 0 Å². The summed E-state index contributed by atoms with van der Waals surface area (Å²) in [5, 5.41) is 20.3. The predicted molar refractivity (Wildman–Crippen MR) is 84.5 cm³/mol. The van der Waals surface area contributed by atoms with E-state index in [1.165, 1.54) is 12.1 Å². The fourth-order valence-corrected chi connectivity index (χ4v) is 2.12. The third-order valence-electron chi connectivity index (χ3n) is 3.31. The molecule has 1 aromatic carbocycles. The molecule has 2 N–H and O–H groups in total. The number of benzene rings is 1. The van der Waals surface area contributed by atoms with Crippen LogP contribution in [0.2, 0.25) is 0 Å². The molecule has 0 atom stereocenters. The van der Waals surface area contributed by atoms with E-state index in [0.29, 0.717) is 36.5 Å². The van der Waals surface area contributed by atoms with Crippen molar-refractivity contribution in [3.8, 4) is 0 Å². The van der Waals surface area contributed by atoms with Crippen molar-refractivity contribution in [3.63, 3.8) is 0 Å². The SMILES string of the molecule is CCc1noc(C)c1C(=O)NCCNc1ccc([N+](=O)[O-])cc1. The average molecular weight is 318 g/mol. The van der Waals surface area contributed by atoms with Crippen molar-refractivity contribution in [1.82, 2.24) is 10.5 Å². The Morgan fingerprint density at radius 2 is 2.00 bits per heavy atom. The van der Waals surface area contributed by atoms with E-state index in [9.17, 15) is 14.9 Å². The second-order valence-corrected chi connectivity index (χ2v) is 4.90. The molecule has 0 fully saturated rings. The molecule has 0 aliphatic heterocycles. The highest BCUT2D eigenvalue weighted by Gasteiger charge is 2.18. The van der Waals surface area contributed by atoms with Crippen LogP contribution in [-0.4, -0.2) is 29.1 Å². The van der Waals surface area contributed by atoms with Crippen LogP contribution in [0.1, 0.15) is 28.7 Å². The van der Waals surface area contributed by atoms with Crippen LogP contribution in [0, 0.1) is 17.0 Å². The average Bonchev–Trinajstić information content (AvgIpc) is 2.92. The number of aryl methyl sites for hydroxylation is 2. The van der Waals surface area contributed by atoms with Gasteiger partial charge in [-0.05, 0) is 25.5 Å². The molecular formula is C15H18N4O4. The van der Waals surface area contributed by atoms with E-state index in [0.717, 1.165) is 5.69 Å². The Balaban J connectivity index is 1.82. The van der Waals surface area contributed by atoms with Crippen LogP contribution >= 0.6 is 0 Å². The lowest BCUT2D eigenvalue weighted by Gasteiger charge is -2.08. The molecule has 1 amide bonds. The molecule has 2 aromatic rings. The van der Waals surface area contributed by atoms with Crippen LogP contribution in [0.3, 0.4) is 0 Å². The first-order chi connectivity index (χ1) is 11.0. The lowest BCUT2D eigenvalue weighted by molar-refractivity contribution is -0.384. The molecule has 0 unspecified atom stereocenters. The molecule has 122 valence electrons. The normalized spacial score (nSPS) is 10.3. The molecule has 0 radical (unpaired) electrons. The first-order valence-electron chi connectivity index (χ1n) is 7.24. The van der Waals surface area contributed by atoms with Crippen molar-refractivity contribution in [3.05, 3.63) is 51.4 Å². The number of carbonyl (C=O) groups is 1. The topological polar surface area (TPSA) is 110 Å². The van der Waals surface area contributed by atoms with Crippen molar-refractivity contribution in [2.24, 2.45) is 0 Å². The number of aromatic nitrogens is 1. The third kappa shape index (κ3) is 4.06. The van der Waals surface area contributed by atoms with Crippen molar-refractivity contribution < 1.29 is 14.2 Å². The van der Waals surface area contributed by atoms with Gasteiger partial charge in [0.05, 0.1) is 10.6 Å². The molecule has 8 nitrogen and oxygen atoms in total. The van der Waals surface area contributed by atoms with Crippen LogP contribution in [0.15, 0.2) is 28.8 Å². The Labute approximate surface area is 133 Å². The lowest BCUT2D eigenvalue weighted by Crippen LogP contribution is -2.29. The van der Waals surface area contributed by atoms with Gasteiger partial charge in [-0.2, -0.15) is 0 Å². The minimum atomic E-state index is -0.448. The van der Waals surface area contributed by atoms with Gasteiger partial charge in [0.1, 0.15) is 11.3 Å². The number of nitro groups is 1. The van der Waals surface area contributed by atoms with Crippen LogP contribution < -0.4 is 10.6 Å². The van der Waals surface area contributed by atoms with Crippen molar-refractivity contribution in [2.75, 3.05) is 18.4 Å². The van der Waals surface area contributed by atoms with Gasteiger partial charge in [0.15, 0.2) is 0 Å². The summed E-state index contributed by atoms with van der Waals surface area (Å²) in [6.45, 7) is 4.51. The summed E-state index contributed by atoms with van der Waals surface area (Å²) in [4.78, 5) is 22.2. The summed E-state index contributed by atoms with van der Waals surface area (Å²) in [6.07, 6.45) is 0.626. The van der Waals surface area contributed by atoms with E-state index in [2.05, 4.69) is 15.8 Å². The van der Waals surface area contributed by atoms with E-state index in [-0.39, 0.29) is 11.6 Å². The molecular weight excluding hydrogens is 300 g/mol. The summed E-state index contributed by atoms with van der Waals surface area (Å²) in [5.74, 6) is 0.286. The summed E-state index contributed by atoms with van der Waals surface area (Å²) in [5.41, 5.74) is 1.92. The van der Waals surface area contributed by atoms with E-state index >= 15 is 0 Å². The molecule has 0 saturated heterocycles. The quantitative estimate of drug-likeness (QED) is 0.460. The molecule has 2 rings (SSSR count). The van der Waals surface area contributed by atoms with Crippen LogP contribution in [-0.2, 0) is 6.42 Å². The minimum absolute atomic E-state index is 0.0406. The molecule has 0 saturated carbocycles. The van der Waals surface area contributed by atoms with Gasteiger partial charge in [-0.1, -0.05) is 12.1 Å². The monoisotopic (exact) mass is 318 g/mol. The second-order valence-electron chi connectivity index (χ2n) is 4.90. The smallest absolute Gasteiger partial charge is 0.269 e. The largest absolute Gasteiger partial charge is 0.383 e. The van der Waals surface area contributed by atoms with Crippen molar-refractivity contribution >= 4 is 17.3 Å². The predicted octanol–water partition coefficient (Wildman–Crippen LogP) is 2.30. The number of hydrogen-bond acceptors (Lipinski definition) is 6. The highest BCUT2D eigenvalue weighted by Crippen LogP contribution is 2.15. The first kappa shape index (κ1) is 16.5. The number of carbonyl (C=O) groups excluding carboxylic acids is 1. The van der Waals surface area contributed by atoms with Gasteiger partial charge >= 0.3 is 0 Å². The Morgan fingerprint density at radius 3 is 2.61 bits per heavy atom. The fraction of sp³-hybridized carbons (Fsp3) is 0.333. The summed E-state index contributed by atoms with van der Waals surface area (Å²) in [6, 6.07) is 6.10. The standard InChI is InChI=1S/C15H18N4O4/c1-3-13-14(10(2)23-18-13)15(20)17-9-8-16-11-4-6-12(7-5-11)19(21)22/h4-7,16H,3,8-9H2,1-2H3,(H,17,20). The number of non-ortho nitro benzene ring substituents is 1. The van der Waals surface area contributed by atoms with Gasteiger partial charge in [0, 0.05) is 30.9 Å². The molecule has 0 bridgehead atoms. The van der Waals surface area contributed by atoms with E-state index < -0.39 is 4.92 Å². The van der Waals surface area contributed by atoms with Gasteiger partial charge < -0.3 is 15.2 Å². The first-order valence-corrected chi connectivity index (χ1v) is 7.24. The van der Waals surface area contributed by atoms with E-state index in [1.807, 2.05) is 6.92 Å². The Kier molecular flexibility index (Phi) is 5.29. The van der Waals surface area contributed by atoms with E-state index in [1.54, 1.807) is 19.1 Å². The van der Waals surface area contributed by atoms with Gasteiger partial charge in [0.2, 0.25) is 0 Å². The van der Waals surface area contributed by atoms with Crippen LogP contribution in [0.5, 0.6) is 0 Å². The number of amides is 1. The molecule has 1 aromatic heterocycles. The van der Waals surface area contributed by atoms with Crippen LogP contribution in [0.25, 0.3) is 0 Å². The van der Waals surface area contributed by atoms with Gasteiger partial charge in [-0.3, -0.25) is 14.9 Å². The van der Waals surface area contributed by atoms with Crippen LogP contribution in [0.4, 0.5) is 11.4 Å². The fourth-order valence-electron chi connectivity index (χ4n) is 2.12. The number of nitrogens with zero attached hydrogens (tertiary/aromatic N) is 2. The van der Waals surface area contributed by atoms with Crippen molar-refractivity contribution in [1.29, 1.82) is 0 Å². The molecule has 23 heavy (non-hydrogen) atoms. The summed E-state index contributed by atoms with van der Waals surface area (Å²) < 4.78 is 5.03. The zero-order chi connectivity index (χ0) is 16.8. The Bertz CT molecular complexity index is 694. The van der Waals surface area contributed by atoms with Gasteiger partial charge in [0.25, 0.3) is 11.6 Å². The molecule has 8 heteroatoms. The maximum Gasteiger partial charge on any atom is 0.269 e. The number of rotatable bonds is 7. The number of nitro benzene ring substituents is 1. The highest BCUT2D eigenvalue weighted by molar-refractivity contribution is 5.96. The minimum Gasteiger partial charge on any atom is -0.383 e. The number of hydrogen-bond donors (Lipinski definition) is 2. The Hall–Kier alpha value is -2.90. The second kappa shape index (κ2) is 7.39. The highest BCUT2D eigenvalue weighted by atomic mass is 16.6. The van der Waals surface area contributed by atoms with E-state index in [4.69, 9.17) is 4.52 Å². The molecule has 0 aliphatic rings. The zero-order valence-electron chi connectivity index (χ0n) is 13.0. The molecule has 0 aliphatic carbocycles. The maximum atomic E-state index is 12.1. The lowest BCUT2D eigenvalue weighted by atomic mass is 10.1. The maximum absolute atomic E-state index is 12.1.